The Hall–Kier alpha value is -1.05. The van der Waals surface area contributed by atoms with E-state index < -0.39 is 0 Å². The van der Waals surface area contributed by atoms with Gasteiger partial charge in [-0.15, -0.1) is 0 Å². The average Bonchev–Trinajstić information content (AvgIpc) is 3.26. The first-order chi connectivity index (χ1) is 8.76. The summed E-state index contributed by atoms with van der Waals surface area (Å²) in [4.78, 5) is 13.8. The molecule has 2 atom stereocenters. The highest BCUT2D eigenvalue weighted by Crippen LogP contribution is 2.43. The lowest BCUT2D eigenvalue weighted by molar-refractivity contribution is -0.130. The summed E-state index contributed by atoms with van der Waals surface area (Å²) >= 11 is 0. The van der Waals surface area contributed by atoms with Crippen molar-refractivity contribution in [1.29, 1.82) is 0 Å². The Morgan fingerprint density at radius 3 is 2.72 bits per heavy atom. The zero-order valence-electron chi connectivity index (χ0n) is 11.5. The van der Waals surface area contributed by atoms with Gasteiger partial charge in [0.2, 0.25) is 5.91 Å². The second kappa shape index (κ2) is 6.21. The molecule has 0 bridgehead atoms. The first-order valence-corrected chi connectivity index (χ1v) is 7.34. The molecule has 2 rings (SSSR count). The van der Waals surface area contributed by atoms with Crippen LogP contribution in [0.2, 0.25) is 0 Å². The number of carbonyl (C=O) groups is 1. The molecule has 2 unspecified atom stereocenters. The number of amides is 1. The molecule has 0 spiro atoms. The smallest absolute Gasteiger partial charge is 0.229 e. The molecule has 0 N–H and O–H groups in total. The molecule has 100 valence electrons. The average molecular weight is 247 g/mol. The molecule has 0 aromatic heterocycles. The Balaban J connectivity index is 1.66. The predicted molar refractivity (Wildman–Crippen MR) is 74.9 cm³/mol. The summed E-state index contributed by atoms with van der Waals surface area (Å²) in [5, 5.41) is 0. The molecule has 0 aromatic carbocycles. The van der Waals surface area contributed by atoms with Crippen LogP contribution in [0.3, 0.4) is 0 Å². The highest BCUT2D eigenvalue weighted by atomic mass is 16.2. The van der Waals surface area contributed by atoms with Crippen LogP contribution < -0.4 is 0 Å². The molecule has 2 nitrogen and oxygen atoms in total. The van der Waals surface area contributed by atoms with Crippen LogP contribution in [0.5, 0.6) is 0 Å². The van der Waals surface area contributed by atoms with Crippen LogP contribution in [0.25, 0.3) is 0 Å². The van der Waals surface area contributed by atoms with Gasteiger partial charge in [-0.25, -0.2) is 0 Å². The third-order valence-electron chi connectivity index (χ3n) is 4.04. The van der Waals surface area contributed by atoms with Crippen LogP contribution >= 0.6 is 0 Å². The first-order valence-electron chi connectivity index (χ1n) is 7.34. The summed E-state index contributed by atoms with van der Waals surface area (Å²) in [5.41, 5.74) is 0. The van der Waals surface area contributed by atoms with E-state index in [-0.39, 0.29) is 0 Å². The summed E-state index contributed by atoms with van der Waals surface area (Å²) in [6.07, 6.45) is 13.3. The molecule has 2 fully saturated rings. The Bertz CT molecular complexity index is 330. The third kappa shape index (κ3) is 3.72. The van der Waals surface area contributed by atoms with Crippen LogP contribution in [0.1, 0.15) is 45.4 Å². The Kier molecular flexibility index (Phi) is 4.62. The zero-order valence-corrected chi connectivity index (χ0v) is 11.5. The van der Waals surface area contributed by atoms with Crippen LogP contribution in [0.15, 0.2) is 24.9 Å². The van der Waals surface area contributed by atoms with Crippen LogP contribution in [0.4, 0.5) is 0 Å². The zero-order chi connectivity index (χ0) is 13.0. The molecule has 2 heteroatoms. The first kappa shape index (κ1) is 13.4. The number of nitrogens with zero attached hydrogens (tertiary/aromatic N) is 1. The van der Waals surface area contributed by atoms with E-state index in [4.69, 9.17) is 0 Å². The van der Waals surface area contributed by atoms with Crippen molar-refractivity contribution in [3.05, 3.63) is 24.9 Å². The van der Waals surface area contributed by atoms with Gasteiger partial charge in [0.05, 0.1) is 0 Å². The van der Waals surface area contributed by atoms with Gasteiger partial charge in [0, 0.05) is 12.5 Å². The summed E-state index contributed by atoms with van der Waals surface area (Å²) in [6.45, 7) is 6.85. The summed E-state index contributed by atoms with van der Waals surface area (Å²) in [5.74, 6) is 2.18. The van der Waals surface area contributed by atoms with Crippen molar-refractivity contribution in [2.45, 2.75) is 45.4 Å². The van der Waals surface area contributed by atoms with E-state index in [0.29, 0.717) is 11.8 Å². The second-order valence-corrected chi connectivity index (χ2v) is 5.66. The molecule has 0 radical (unpaired) electrons. The molecule has 2 aliphatic carbocycles. The van der Waals surface area contributed by atoms with Gasteiger partial charge in [-0.05, 0) is 56.6 Å². The molecule has 2 saturated carbocycles. The molecule has 0 saturated heterocycles. The van der Waals surface area contributed by atoms with E-state index in [2.05, 4.69) is 25.7 Å². The molecular weight excluding hydrogens is 222 g/mol. The summed E-state index contributed by atoms with van der Waals surface area (Å²) < 4.78 is 0. The van der Waals surface area contributed by atoms with E-state index in [1.807, 2.05) is 4.90 Å². The molecule has 0 heterocycles. The van der Waals surface area contributed by atoms with Crippen molar-refractivity contribution < 1.29 is 4.79 Å². The fourth-order valence-corrected chi connectivity index (χ4v) is 2.55. The van der Waals surface area contributed by atoms with E-state index in [1.165, 1.54) is 19.3 Å². The molecule has 2 aliphatic rings. The predicted octanol–water partition coefficient (Wildman–Crippen LogP) is 3.75. The van der Waals surface area contributed by atoms with Crippen molar-refractivity contribution in [1.82, 2.24) is 4.90 Å². The van der Waals surface area contributed by atoms with E-state index in [0.717, 1.165) is 37.6 Å². The van der Waals surface area contributed by atoms with Gasteiger partial charge in [-0.2, -0.15) is 0 Å². The number of rotatable bonds is 8. The maximum absolute atomic E-state index is 11.9. The normalized spacial score (nSPS) is 26.3. The van der Waals surface area contributed by atoms with Crippen LogP contribution in [-0.2, 0) is 4.79 Å². The summed E-state index contributed by atoms with van der Waals surface area (Å²) in [6, 6.07) is 0. The van der Waals surface area contributed by atoms with E-state index in [1.54, 1.807) is 6.20 Å². The quantitative estimate of drug-likeness (QED) is 0.598. The fourth-order valence-electron chi connectivity index (χ4n) is 2.55. The lowest BCUT2D eigenvalue weighted by atomic mass is 10.1. The minimum Gasteiger partial charge on any atom is -0.319 e. The number of carbonyl (C=O) groups excluding carboxylic acids is 1. The maximum Gasteiger partial charge on any atom is 0.229 e. The molecular formula is C16H25NO. The van der Waals surface area contributed by atoms with Crippen molar-refractivity contribution in [3.63, 3.8) is 0 Å². The Morgan fingerprint density at radius 1 is 1.33 bits per heavy atom. The minimum atomic E-state index is 0.307. The van der Waals surface area contributed by atoms with Crippen molar-refractivity contribution in [2.75, 3.05) is 6.54 Å². The highest BCUT2D eigenvalue weighted by Gasteiger charge is 2.40. The third-order valence-corrected chi connectivity index (χ3v) is 4.04. The SMILES string of the molecule is C=CN(CC1CC1CCC=CCC)C(=O)C1CC1. The van der Waals surface area contributed by atoms with Crippen molar-refractivity contribution >= 4 is 5.91 Å². The van der Waals surface area contributed by atoms with Crippen molar-refractivity contribution in [3.8, 4) is 0 Å². The fraction of sp³-hybridized carbons (Fsp3) is 0.688. The van der Waals surface area contributed by atoms with Gasteiger partial charge in [-0.3, -0.25) is 4.79 Å². The van der Waals surface area contributed by atoms with Gasteiger partial charge < -0.3 is 4.90 Å². The Morgan fingerprint density at radius 2 is 2.11 bits per heavy atom. The topological polar surface area (TPSA) is 20.3 Å². The van der Waals surface area contributed by atoms with Gasteiger partial charge in [-0.1, -0.05) is 25.7 Å². The van der Waals surface area contributed by atoms with Crippen LogP contribution in [-0.4, -0.2) is 17.4 Å². The standard InChI is InChI=1S/C16H25NO/c1-3-5-6-7-8-14-11-15(14)12-17(4-2)16(18)13-9-10-13/h4-6,13-15H,2-3,7-12H2,1H3. The summed E-state index contributed by atoms with van der Waals surface area (Å²) in [7, 11) is 0. The Labute approximate surface area is 111 Å². The van der Waals surface area contributed by atoms with Crippen LogP contribution in [0, 0.1) is 17.8 Å². The lowest BCUT2D eigenvalue weighted by Crippen LogP contribution is -2.29. The van der Waals surface area contributed by atoms with E-state index in [9.17, 15) is 4.79 Å². The lowest BCUT2D eigenvalue weighted by Gasteiger charge is -2.17. The van der Waals surface area contributed by atoms with Gasteiger partial charge in [0.1, 0.15) is 0 Å². The van der Waals surface area contributed by atoms with Crippen molar-refractivity contribution in [2.24, 2.45) is 17.8 Å². The monoisotopic (exact) mass is 247 g/mol. The highest BCUT2D eigenvalue weighted by molar-refractivity contribution is 5.81. The number of hydrogen-bond donors (Lipinski definition) is 0. The molecule has 18 heavy (non-hydrogen) atoms. The van der Waals surface area contributed by atoms with Gasteiger partial charge in [0.25, 0.3) is 0 Å². The maximum atomic E-state index is 11.9. The minimum absolute atomic E-state index is 0.307. The molecule has 0 aliphatic heterocycles. The van der Waals surface area contributed by atoms with Gasteiger partial charge in [0.15, 0.2) is 0 Å². The number of hydrogen-bond acceptors (Lipinski definition) is 1. The largest absolute Gasteiger partial charge is 0.319 e. The molecule has 0 aromatic rings. The number of allylic oxidation sites excluding steroid dienone is 2. The second-order valence-electron chi connectivity index (χ2n) is 5.66. The van der Waals surface area contributed by atoms with E-state index >= 15 is 0 Å². The van der Waals surface area contributed by atoms with Gasteiger partial charge >= 0.3 is 0 Å². The molecule has 1 amide bonds.